The van der Waals surface area contributed by atoms with Crippen LogP contribution in [-0.2, 0) is 6.54 Å². The van der Waals surface area contributed by atoms with Crippen LogP contribution in [0.2, 0.25) is 0 Å². The molecule has 2 rings (SSSR count). The first-order chi connectivity index (χ1) is 5.42. The molecule has 0 N–H and O–H groups in total. The van der Waals surface area contributed by atoms with E-state index >= 15 is 0 Å². The number of carbonyl (C=O) groups excluding carboxylic acids is 1. The van der Waals surface area contributed by atoms with Gasteiger partial charge in [0.1, 0.15) is 0 Å². The predicted molar refractivity (Wildman–Crippen MR) is 40.1 cm³/mol. The van der Waals surface area contributed by atoms with Crippen molar-refractivity contribution in [3.8, 4) is 0 Å². The minimum Gasteiger partial charge on any atom is -0.298 e. The van der Waals surface area contributed by atoms with Crippen LogP contribution in [0.25, 0.3) is 0 Å². The lowest BCUT2D eigenvalue weighted by Crippen LogP contribution is -2.12. The molecule has 4 nitrogen and oxygen atoms in total. The molecule has 11 heavy (non-hydrogen) atoms. The molecule has 0 bridgehead atoms. The van der Waals surface area contributed by atoms with Gasteiger partial charge in [0.05, 0.1) is 30.5 Å². The molecule has 0 unspecified atom stereocenters. The molecule has 0 aromatic carbocycles. The molecule has 0 saturated carbocycles. The van der Waals surface area contributed by atoms with Gasteiger partial charge in [0, 0.05) is 6.21 Å². The second kappa shape index (κ2) is 2.30. The van der Waals surface area contributed by atoms with Gasteiger partial charge in [-0.3, -0.25) is 14.5 Å². The van der Waals surface area contributed by atoms with Gasteiger partial charge in [0.15, 0.2) is 6.29 Å². The quantitative estimate of drug-likeness (QED) is 0.533. The molecule has 0 atom stereocenters. The zero-order valence-corrected chi connectivity index (χ0v) is 5.90. The lowest BCUT2D eigenvalue weighted by molar-refractivity contribution is 0.112. The van der Waals surface area contributed by atoms with Gasteiger partial charge in [-0.05, 0) is 0 Å². The van der Waals surface area contributed by atoms with E-state index in [-0.39, 0.29) is 0 Å². The van der Waals surface area contributed by atoms with Gasteiger partial charge in [-0.1, -0.05) is 0 Å². The highest BCUT2D eigenvalue weighted by atomic mass is 16.1. The third-order valence-electron chi connectivity index (χ3n) is 1.69. The zero-order chi connectivity index (χ0) is 7.68. The predicted octanol–water partition coefficient (Wildman–Crippen LogP) is 0.128. The lowest BCUT2D eigenvalue weighted by atomic mass is 10.3. The molecule has 0 saturated heterocycles. The van der Waals surface area contributed by atoms with Crippen molar-refractivity contribution in [3.05, 3.63) is 17.5 Å². The fraction of sp³-hybridized carbons (Fsp3) is 0.286. The molecule has 0 aliphatic carbocycles. The van der Waals surface area contributed by atoms with Crippen molar-refractivity contribution in [3.63, 3.8) is 0 Å². The summed E-state index contributed by atoms with van der Waals surface area (Å²) >= 11 is 0. The second-order valence-electron chi connectivity index (χ2n) is 2.36. The van der Waals surface area contributed by atoms with Gasteiger partial charge in [0.2, 0.25) is 0 Å². The molecular weight excluding hydrogens is 142 g/mol. The molecule has 1 aliphatic heterocycles. The lowest BCUT2D eigenvalue weighted by Gasteiger charge is -2.06. The van der Waals surface area contributed by atoms with Gasteiger partial charge in [-0.15, -0.1) is 0 Å². The summed E-state index contributed by atoms with van der Waals surface area (Å²) in [6.45, 7) is 1.53. The highest BCUT2D eigenvalue weighted by Gasteiger charge is 2.09. The van der Waals surface area contributed by atoms with Gasteiger partial charge >= 0.3 is 0 Å². The number of aromatic nitrogens is 2. The van der Waals surface area contributed by atoms with Crippen LogP contribution >= 0.6 is 0 Å². The molecule has 1 aromatic rings. The van der Waals surface area contributed by atoms with E-state index in [1.165, 1.54) is 0 Å². The Labute approximate surface area is 63.5 Å². The standard InChI is InChI=1S/C7H7N3O/c11-5-6-3-9-10-2-1-8-4-7(6)10/h3-5H,1-2H2. The zero-order valence-electron chi connectivity index (χ0n) is 5.90. The van der Waals surface area contributed by atoms with Crippen molar-refractivity contribution >= 4 is 12.5 Å². The smallest absolute Gasteiger partial charge is 0.153 e. The van der Waals surface area contributed by atoms with E-state index in [0.29, 0.717) is 5.56 Å². The van der Waals surface area contributed by atoms with Crippen molar-refractivity contribution in [1.29, 1.82) is 0 Å². The molecule has 0 radical (unpaired) electrons. The van der Waals surface area contributed by atoms with Crippen LogP contribution in [0, 0.1) is 0 Å². The number of hydrogen-bond acceptors (Lipinski definition) is 3. The van der Waals surface area contributed by atoms with E-state index in [1.54, 1.807) is 17.1 Å². The van der Waals surface area contributed by atoms with E-state index < -0.39 is 0 Å². The molecule has 1 aliphatic rings. The first kappa shape index (κ1) is 6.27. The summed E-state index contributed by atoms with van der Waals surface area (Å²) in [6.07, 6.45) is 4.07. The largest absolute Gasteiger partial charge is 0.298 e. The maximum Gasteiger partial charge on any atom is 0.153 e. The maximum absolute atomic E-state index is 10.4. The third kappa shape index (κ3) is 0.869. The van der Waals surface area contributed by atoms with E-state index in [1.807, 2.05) is 0 Å². The van der Waals surface area contributed by atoms with Crippen LogP contribution in [0.5, 0.6) is 0 Å². The molecule has 1 aromatic heterocycles. The molecule has 2 heterocycles. The van der Waals surface area contributed by atoms with E-state index in [9.17, 15) is 4.79 Å². The van der Waals surface area contributed by atoms with Gasteiger partial charge < -0.3 is 0 Å². The van der Waals surface area contributed by atoms with Crippen LogP contribution in [0.15, 0.2) is 11.2 Å². The van der Waals surface area contributed by atoms with Crippen LogP contribution in [0.4, 0.5) is 0 Å². The number of hydrogen-bond donors (Lipinski definition) is 0. The first-order valence-electron chi connectivity index (χ1n) is 3.42. The number of nitrogens with zero attached hydrogens (tertiary/aromatic N) is 3. The Kier molecular flexibility index (Phi) is 1.31. The molecular formula is C7H7N3O. The summed E-state index contributed by atoms with van der Waals surface area (Å²) in [5.41, 5.74) is 1.44. The number of carbonyl (C=O) groups is 1. The highest BCUT2D eigenvalue weighted by Crippen LogP contribution is 2.06. The first-order valence-corrected chi connectivity index (χ1v) is 3.42. The summed E-state index contributed by atoms with van der Waals surface area (Å²) in [5, 5.41) is 4.02. The summed E-state index contributed by atoms with van der Waals surface area (Å²) < 4.78 is 1.79. The SMILES string of the molecule is O=Cc1cnn2c1C=NCC2. The van der Waals surface area contributed by atoms with Crippen molar-refractivity contribution in [2.24, 2.45) is 4.99 Å². The number of fused-ring (bicyclic) bond motifs is 1. The number of aldehydes is 1. The molecule has 0 fully saturated rings. The normalized spacial score (nSPS) is 14.5. The minimum atomic E-state index is 0.619. The number of rotatable bonds is 1. The summed E-state index contributed by atoms with van der Waals surface area (Å²) in [5.74, 6) is 0. The van der Waals surface area contributed by atoms with Gasteiger partial charge in [0.25, 0.3) is 0 Å². The Morgan fingerprint density at radius 3 is 3.36 bits per heavy atom. The van der Waals surface area contributed by atoms with E-state index in [4.69, 9.17) is 0 Å². The summed E-state index contributed by atoms with van der Waals surface area (Å²) in [6, 6.07) is 0. The van der Waals surface area contributed by atoms with Crippen LogP contribution < -0.4 is 0 Å². The Morgan fingerprint density at radius 2 is 2.55 bits per heavy atom. The molecule has 0 amide bonds. The van der Waals surface area contributed by atoms with Crippen molar-refractivity contribution in [2.75, 3.05) is 6.54 Å². The fourth-order valence-corrected chi connectivity index (χ4v) is 1.12. The van der Waals surface area contributed by atoms with E-state index in [2.05, 4.69) is 10.1 Å². The Morgan fingerprint density at radius 1 is 1.64 bits per heavy atom. The topological polar surface area (TPSA) is 47.2 Å². The molecule has 4 heteroatoms. The second-order valence-corrected chi connectivity index (χ2v) is 2.36. The van der Waals surface area contributed by atoms with Gasteiger partial charge in [-0.25, -0.2) is 0 Å². The van der Waals surface area contributed by atoms with Crippen LogP contribution in [-0.4, -0.2) is 28.8 Å². The Bertz CT molecular complexity index is 313. The highest BCUT2D eigenvalue weighted by molar-refractivity contribution is 5.90. The summed E-state index contributed by atoms with van der Waals surface area (Å²) in [4.78, 5) is 14.5. The van der Waals surface area contributed by atoms with Crippen molar-refractivity contribution in [2.45, 2.75) is 6.54 Å². The average molecular weight is 149 g/mol. The Hall–Kier alpha value is -1.45. The molecule has 0 spiro atoms. The Balaban J connectivity index is 2.56. The fourth-order valence-electron chi connectivity index (χ4n) is 1.12. The van der Waals surface area contributed by atoms with E-state index in [0.717, 1.165) is 25.1 Å². The van der Waals surface area contributed by atoms with Gasteiger partial charge in [-0.2, -0.15) is 5.10 Å². The van der Waals surface area contributed by atoms with Crippen LogP contribution in [0.1, 0.15) is 16.1 Å². The summed E-state index contributed by atoms with van der Waals surface area (Å²) in [7, 11) is 0. The number of aliphatic imine (C=N–C) groups is 1. The monoisotopic (exact) mass is 149 g/mol. The average Bonchev–Trinajstić information content (AvgIpc) is 2.47. The maximum atomic E-state index is 10.4. The molecule has 56 valence electrons. The van der Waals surface area contributed by atoms with Crippen molar-refractivity contribution in [1.82, 2.24) is 9.78 Å². The van der Waals surface area contributed by atoms with Crippen LogP contribution in [0.3, 0.4) is 0 Å². The minimum absolute atomic E-state index is 0.619. The van der Waals surface area contributed by atoms with Crippen molar-refractivity contribution < 1.29 is 4.79 Å². The third-order valence-corrected chi connectivity index (χ3v) is 1.69.